The van der Waals surface area contributed by atoms with E-state index in [-0.39, 0.29) is 36.8 Å². The monoisotopic (exact) mass is 396 g/mol. The first kappa shape index (κ1) is 24.1. The normalized spacial score (nSPS) is 20.2. The molecular formula is C16H30Cl2N4O3. The van der Waals surface area contributed by atoms with Crippen molar-refractivity contribution in [1.82, 2.24) is 19.8 Å². The molecule has 0 aromatic carbocycles. The first-order valence-corrected chi connectivity index (χ1v) is 8.16. The second-order valence-electron chi connectivity index (χ2n) is 6.46. The van der Waals surface area contributed by atoms with Crippen LogP contribution in [0.5, 0.6) is 0 Å². The Morgan fingerprint density at radius 2 is 2.16 bits per heavy atom. The fraction of sp³-hybridized carbons (Fsp3) is 0.750. The second-order valence-corrected chi connectivity index (χ2v) is 6.46. The number of nitrogens with one attached hydrogen (secondary N) is 1. The number of likely N-dealkylation sites (tertiary alicyclic amines) is 1. The van der Waals surface area contributed by atoms with Crippen molar-refractivity contribution in [2.24, 2.45) is 11.8 Å². The number of halogens is 2. The number of carbonyl (C=O) groups excluding carboxylic acids is 1. The van der Waals surface area contributed by atoms with Gasteiger partial charge in [0.15, 0.2) is 0 Å². The molecule has 1 aliphatic rings. The van der Waals surface area contributed by atoms with Crippen LogP contribution < -0.4 is 5.32 Å². The van der Waals surface area contributed by atoms with Gasteiger partial charge >= 0.3 is 0 Å². The predicted molar refractivity (Wildman–Crippen MR) is 101 cm³/mol. The summed E-state index contributed by atoms with van der Waals surface area (Å²) in [7, 11) is 1.69. The van der Waals surface area contributed by atoms with E-state index in [1.165, 1.54) is 0 Å². The third-order valence-corrected chi connectivity index (χ3v) is 4.49. The van der Waals surface area contributed by atoms with Crippen LogP contribution in [-0.2, 0) is 22.6 Å². The average Bonchev–Trinajstić information content (AvgIpc) is 3.12. The number of aliphatic hydroxyl groups is 1. The largest absolute Gasteiger partial charge is 0.387 e. The summed E-state index contributed by atoms with van der Waals surface area (Å²) >= 11 is 0. The molecule has 2 N–H and O–H groups in total. The van der Waals surface area contributed by atoms with Crippen LogP contribution in [0, 0.1) is 11.8 Å². The third-order valence-electron chi connectivity index (χ3n) is 4.49. The first-order valence-electron chi connectivity index (χ1n) is 8.16. The number of aliphatic hydroxyl groups excluding tert-OH is 1. The molecule has 0 spiro atoms. The summed E-state index contributed by atoms with van der Waals surface area (Å²) in [6.07, 6.45) is 3.78. The second kappa shape index (κ2) is 11.7. The van der Waals surface area contributed by atoms with E-state index in [0.29, 0.717) is 18.4 Å². The van der Waals surface area contributed by atoms with Crippen molar-refractivity contribution in [2.45, 2.75) is 33.0 Å². The lowest BCUT2D eigenvalue weighted by Crippen LogP contribution is -2.43. The molecule has 2 heterocycles. The van der Waals surface area contributed by atoms with E-state index in [4.69, 9.17) is 9.84 Å². The van der Waals surface area contributed by atoms with Crippen molar-refractivity contribution < 1.29 is 14.6 Å². The number of imidazole rings is 1. The van der Waals surface area contributed by atoms with Crippen molar-refractivity contribution in [2.75, 3.05) is 33.4 Å². The lowest BCUT2D eigenvalue weighted by Gasteiger charge is -2.22. The molecule has 25 heavy (non-hydrogen) atoms. The fourth-order valence-corrected chi connectivity index (χ4v) is 3.21. The van der Waals surface area contributed by atoms with E-state index in [2.05, 4.69) is 33.6 Å². The molecule has 146 valence electrons. The van der Waals surface area contributed by atoms with Crippen LogP contribution in [-0.4, -0.2) is 64.9 Å². The molecule has 1 saturated heterocycles. The number of hydrogen-bond acceptors (Lipinski definition) is 5. The summed E-state index contributed by atoms with van der Waals surface area (Å²) in [6.45, 7) is 7.80. The molecule has 0 unspecified atom stereocenters. The van der Waals surface area contributed by atoms with Gasteiger partial charge in [-0.3, -0.25) is 9.69 Å². The Hall–Kier alpha value is -0.860. The quantitative estimate of drug-likeness (QED) is 0.683. The summed E-state index contributed by atoms with van der Waals surface area (Å²) in [5.41, 5.74) is 0. The van der Waals surface area contributed by atoms with Crippen LogP contribution in [0.25, 0.3) is 0 Å². The molecule has 1 amide bonds. The molecule has 0 bridgehead atoms. The number of ether oxygens (including phenoxy) is 1. The maximum atomic E-state index is 11.5. The molecule has 9 heteroatoms. The predicted octanol–water partition coefficient (Wildman–Crippen LogP) is 0.938. The van der Waals surface area contributed by atoms with Crippen molar-refractivity contribution >= 4 is 30.7 Å². The smallest absolute Gasteiger partial charge is 0.245 e. The molecule has 0 saturated carbocycles. The van der Waals surface area contributed by atoms with Crippen LogP contribution >= 0.6 is 24.8 Å². The Bertz CT molecular complexity index is 513. The number of amides is 1. The van der Waals surface area contributed by atoms with E-state index in [1.807, 2.05) is 12.4 Å². The van der Waals surface area contributed by atoms with E-state index < -0.39 is 6.61 Å². The van der Waals surface area contributed by atoms with Crippen molar-refractivity contribution in [1.29, 1.82) is 0 Å². The van der Waals surface area contributed by atoms with Crippen molar-refractivity contribution in [3.8, 4) is 0 Å². The van der Waals surface area contributed by atoms with Crippen LogP contribution in [0.3, 0.4) is 0 Å². The summed E-state index contributed by atoms with van der Waals surface area (Å²) in [5, 5.41) is 11.9. The van der Waals surface area contributed by atoms with Gasteiger partial charge in [-0.15, -0.1) is 24.8 Å². The van der Waals surface area contributed by atoms with Crippen LogP contribution in [0.4, 0.5) is 0 Å². The van der Waals surface area contributed by atoms with Gasteiger partial charge in [0.25, 0.3) is 0 Å². The highest BCUT2D eigenvalue weighted by molar-refractivity contribution is 5.85. The number of aromatic nitrogens is 2. The SMILES string of the molecule is COCCn1ccnc1CN1C[C@H](NC(=O)CO)[C@@H](C(C)C)C1.Cl.Cl. The number of hydrogen-bond donors (Lipinski definition) is 2. The highest BCUT2D eigenvalue weighted by Gasteiger charge is 2.35. The summed E-state index contributed by atoms with van der Waals surface area (Å²) < 4.78 is 7.23. The average molecular weight is 397 g/mol. The number of nitrogens with zero attached hydrogens (tertiary/aromatic N) is 3. The van der Waals surface area contributed by atoms with E-state index >= 15 is 0 Å². The van der Waals surface area contributed by atoms with Gasteiger partial charge in [0.05, 0.1) is 13.2 Å². The number of carbonyl (C=O) groups is 1. The standard InChI is InChI=1S/C16H28N4O3.2ClH/c1-12(2)13-8-19(9-14(13)18-16(22)11-21)10-15-17-4-5-20(15)6-7-23-3;;/h4-5,12-14,21H,6-11H2,1-3H3,(H,18,22);2*1H/t13-,14+;;/m1../s1. The lowest BCUT2D eigenvalue weighted by atomic mass is 9.91. The molecular weight excluding hydrogens is 367 g/mol. The van der Waals surface area contributed by atoms with E-state index in [9.17, 15) is 4.79 Å². The summed E-state index contributed by atoms with van der Waals surface area (Å²) in [5.74, 6) is 1.56. The molecule has 2 atom stereocenters. The molecule has 2 rings (SSSR count). The maximum Gasteiger partial charge on any atom is 0.245 e. The Kier molecular flexibility index (Phi) is 11.3. The Balaban J connectivity index is 0.00000288. The fourth-order valence-electron chi connectivity index (χ4n) is 3.21. The van der Waals surface area contributed by atoms with Gasteiger partial charge in [0.2, 0.25) is 5.91 Å². The number of methoxy groups -OCH3 is 1. The molecule has 0 aliphatic carbocycles. The Labute approximate surface area is 161 Å². The lowest BCUT2D eigenvalue weighted by molar-refractivity contribution is -0.124. The summed E-state index contributed by atoms with van der Waals surface area (Å²) in [4.78, 5) is 18.3. The van der Waals surface area contributed by atoms with Crippen molar-refractivity contribution in [3.63, 3.8) is 0 Å². The van der Waals surface area contributed by atoms with E-state index in [1.54, 1.807) is 7.11 Å². The molecule has 0 radical (unpaired) electrons. The van der Waals surface area contributed by atoms with Gasteiger partial charge in [0, 0.05) is 45.2 Å². The topological polar surface area (TPSA) is 79.6 Å². The minimum atomic E-state index is -0.456. The molecule has 1 fully saturated rings. The van der Waals surface area contributed by atoms with Crippen LogP contribution in [0.1, 0.15) is 19.7 Å². The van der Waals surface area contributed by atoms with Gasteiger partial charge in [-0.05, 0) is 11.8 Å². The third kappa shape index (κ3) is 6.75. The van der Waals surface area contributed by atoms with Crippen molar-refractivity contribution in [3.05, 3.63) is 18.2 Å². The highest BCUT2D eigenvalue weighted by atomic mass is 35.5. The maximum absolute atomic E-state index is 11.5. The van der Waals surface area contributed by atoms with Crippen LogP contribution in [0.15, 0.2) is 12.4 Å². The molecule has 1 aliphatic heterocycles. The zero-order valence-corrected chi connectivity index (χ0v) is 16.7. The zero-order chi connectivity index (χ0) is 16.8. The minimum absolute atomic E-state index is 0. The van der Waals surface area contributed by atoms with Crippen LogP contribution in [0.2, 0.25) is 0 Å². The van der Waals surface area contributed by atoms with Gasteiger partial charge in [-0.1, -0.05) is 13.8 Å². The minimum Gasteiger partial charge on any atom is -0.387 e. The summed E-state index contributed by atoms with van der Waals surface area (Å²) in [6, 6.07) is 0.0806. The first-order chi connectivity index (χ1) is 11.0. The van der Waals surface area contributed by atoms with Gasteiger partial charge in [-0.25, -0.2) is 4.98 Å². The molecule has 1 aromatic rings. The van der Waals surface area contributed by atoms with E-state index in [0.717, 1.165) is 32.0 Å². The number of rotatable bonds is 8. The van der Waals surface area contributed by atoms with Gasteiger partial charge < -0.3 is 19.7 Å². The molecule has 7 nitrogen and oxygen atoms in total. The zero-order valence-electron chi connectivity index (χ0n) is 15.1. The Morgan fingerprint density at radius 3 is 2.76 bits per heavy atom. The molecule has 1 aromatic heterocycles. The van der Waals surface area contributed by atoms with Gasteiger partial charge in [-0.2, -0.15) is 0 Å². The Morgan fingerprint density at radius 1 is 1.44 bits per heavy atom. The van der Waals surface area contributed by atoms with Gasteiger partial charge in [0.1, 0.15) is 12.4 Å². The highest BCUT2D eigenvalue weighted by Crippen LogP contribution is 2.25.